The van der Waals surface area contributed by atoms with Gasteiger partial charge in [0, 0.05) is 11.6 Å². The van der Waals surface area contributed by atoms with E-state index in [1.807, 2.05) is 49.5 Å². The Labute approximate surface area is 116 Å². The van der Waals surface area contributed by atoms with E-state index in [-0.39, 0.29) is 0 Å². The Morgan fingerprint density at radius 3 is 2.84 bits per heavy atom. The van der Waals surface area contributed by atoms with Gasteiger partial charge in [-0.05, 0) is 36.9 Å². The van der Waals surface area contributed by atoms with Gasteiger partial charge in [-0.1, -0.05) is 35.0 Å². The summed E-state index contributed by atoms with van der Waals surface area (Å²) in [6, 6.07) is 13.8. The standard InChI is InChI=1S/C14H13ClN4/c1-16-9-10-6-7-11(8-12(10)15)19-14-5-3-2-4-13(14)17-18-19/h2-8,16H,9H2,1H3. The smallest absolute Gasteiger partial charge is 0.113 e. The van der Waals surface area contributed by atoms with Gasteiger partial charge in [-0.15, -0.1) is 5.10 Å². The van der Waals surface area contributed by atoms with E-state index in [1.165, 1.54) is 0 Å². The van der Waals surface area contributed by atoms with Gasteiger partial charge in [0.2, 0.25) is 0 Å². The van der Waals surface area contributed by atoms with Crippen molar-refractivity contribution in [1.82, 2.24) is 20.3 Å². The number of nitrogens with one attached hydrogen (secondary N) is 1. The van der Waals surface area contributed by atoms with Gasteiger partial charge in [0.1, 0.15) is 5.52 Å². The molecule has 19 heavy (non-hydrogen) atoms. The predicted octanol–water partition coefficient (Wildman–Crippen LogP) is 2.79. The van der Waals surface area contributed by atoms with E-state index in [0.717, 1.165) is 33.9 Å². The first-order valence-electron chi connectivity index (χ1n) is 6.03. The Morgan fingerprint density at radius 1 is 1.21 bits per heavy atom. The fourth-order valence-corrected chi connectivity index (χ4v) is 2.30. The molecule has 0 aliphatic rings. The Hall–Kier alpha value is -1.91. The summed E-state index contributed by atoms with van der Waals surface area (Å²) in [7, 11) is 1.90. The lowest BCUT2D eigenvalue weighted by atomic mass is 10.2. The molecule has 0 bridgehead atoms. The van der Waals surface area contributed by atoms with E-state index in [4.69, 9.17) is 11.6 Å². The normalized spacial score (nSPS) is 11.1. The summed E-state index contributed by atoms with van der Waals surface area (Å²) in [6.07, 6.45) is 0. The molecule has 3 aromatic rings. The Morgan fingerprint density at radius 2 is 2.05 bits per heavy atom. The SMILES string of the molecule is CNCc1ccc(-n2nnc3ccccc32)cc1Cl. The Bertz CT molecular complexity index is 720. The third-order valence-corrected chi connectivity index (χ3v) is 3.35. The van der Waals surface area contributed by atoms with E-state index < -0.39 is 0 Å². The molecule has 3 rings (SSSR count). The van der Waals surface area contributed by atoms with Gasteiger partial charge >= 0.3 is 0 Å². The highest BCUT2D eigenvalue weighted by molar-refractivity contribution is 6.31. The second-order valence-electron chi connectivity index (χ2n) is 4.30. The Kier molecular flexibility index (Phi) is 3.19. The second-order valence-corrected chi connectivity index (χ2v) is 4.70. The number of aromatic nitrogens is 3. The molecule has 0 fully saturated rings. The van der Waals surface area contributed by atoms with Crippen molar-refractivity contribution in [2.75, 3.05) is 7.05 Å². The summed E-state index contributed by atoms with van der Waals surface area (Å²) < 4.78 is 1.80. The molecule has 0 unspecified atom stereocenters. The molecule has 0 atom stereocenters. The quantitative estimate of drug-likeness (QED) is 0.797. The summed E-state index contributed by atoms with van der Waals surface area (Å²) in [6.45, 7) is 0.747. The lowest BCUT2D eigenvalue weighted by Gasteiger charge is -2.07. The zero-order valence-corrected chi connectivity index (χ0v) is 11.2. The van der Waals surface area contributed by atoms with Crippen molar-refractivity contribution in [3.63, 3.8) is 0 Å². The minimum absolute atomic E-state index is 0.728. The lowest BCUT2D eigenvalue weighted by Crippen LogP contribution is -2.06. The van der Waals surface area contributed by atoms with E-state index in [2.05, 4.69) is 15.6 Å². The molecule has 4 nitrogen and oxygen atoms in total. The number of hydrogen-bond donors (Lipinski definition) is 1. The van der Waals surface area contributed by atoms with E-state index in [0.29, 0.717) is 0 Å². The zero-order valence-electron chi connectivity index (χ0n) is 10.5. The van der Waals surface area contributed by atoms with E-state index in [9.17, 15) is 0 Å². The highest BCUT2D eigenvalue weighted by atomic mass is 35.5. The van der Waals surface area contributed by atoms with Gasteiger partial charge < -0.3 is 5.32 Å². The van der Waals surface area contributed by atoms with Gasteiger partial charge in [-0.25, -0.2) is 4.68 Å². The van der Waals surface area contributed by atoms with Crippen LogP contribution in [0.25, 0.3) is 16.7 Å². The fraction of sp³-hybridized carbons (Fsp3) is 0.143. The van der Waals surface area contributed by atoms with Crippen LogP contribution >= 0.6 is 11.6 Å². The molecular formula is C14H13ClN4. The number of fused-ring (bicyclic) bond motifs is 1. The molecule has 0 aliphatic carbocycles. The van der Waals surface area contributed by atoms with Gasteiger partial charge in [0.25, 0.3) is 0 Å². The van der Waals surface area contributed by atoms with Crippen molar-refractivity contribution in [2.24, 2.45) is 0 Å². The monoisotopic (exact) mass is 272 g/mol. The average Bonchev–Trinajstić information content (AvgIpc) is 2.85. The van der Waals surface area contributed by atoms with Crippen LogP contribution in [-0.4, -0.2) is 22.0 Å². The molecule has 96 valence electrons. The minimum atomic E-state index is 0.728. The highest BCUT2D eigenvalue weighted by Gasteiger charge is 2.07. The fourth-order valence-electron chi connectivity index (χ4n) is 2.06. The van der Waals surface area contributed by atoms with Crippen molar-refractivity contribution >= 4 is 22.6 Å². The van der Waals surface area contributed by atoms with Crippen LogP contribution in [0.15, 0.2) is 42.5 Å². The van der Waals surface area contributed by atoms with Crippen LogP contribution in [0, 0.1) is 0 Å². The predicted molar refractivity (Wildman–Crippen MR) is 76.6 cm³/mol. The maximum Gasteiger partial charge on any atom is 0.113 e. The number of halogens is 1. The summed E-state index contributed by atoms with van der Waals surface area (Å²) in [5.41, 5.74) is 3.83. The van der Waals surface area contributed by atoms with E-state index >= 15 is 0 Å². The first-order chi connectivity index (χ1) is 9.29. The number of rotatable bonds is 3. The van der Waals surface area contributed by atoms with Gasteiger partial charge in [-0.3, -0.25) is 0 Å². The maximum absolute atomic E-state index is 6.27. The van der Waals surface area contributed by atoms with Crippen LogP contribution in [0.2, 0.25) is 5.02 Å². The molecule has 1 N–H and O–H groups in total. The van der Waals surface area contributed by atoms with Crippen molar-refractivity contribution in [2.45, 2.75) is 6.54 Å². The number of para-hydroxylation sites is 1. The van der Waals surface area contributed by atoms with Crippen molar-refractivity contribution < 1.29 is 0 Å². The summed E-state index contributed by atoms with van der Waals surface area (Å²) in [5, 5.41) is 12.1. The van der Waals surface area contributed by atoms with Crippen LogP contribution in [0.5, 0.6) is 0 Å². The molecule has 2 aromatic carbocycles. The molecule has 0 radical (unpaired) electrons. The third kappa shape index (κ3) is 2.20. The average molecular weight is 273 g/mol. The lowest BCUT2D eigenvalue weighted by molar-refractivity contribution is 0.808. The van der Waals surface area contributed by atoms with Gasteiger partial charge in [0.15, 0.2) is 0 Å². The molecule has 0 saturated heterocycles. The number of benzene rings is 2. The molecule has 5 heteroatoms. The van der Waals surface area contributed by atoms with Gasteiger partial charge in [0.05, 0.1) is 11.2 Å². The number of nitrogens with zero attached hydrogens (tertiary/aromatic N) is 3. The molecule has 0 spiro atoms. The van der Waals surface area contributed by atoms with Crippen LogP contribution in [0.4, 0.5) is 0 Å². The second kappa shape index (κ2) is 4.99. The maximum atomic E-state index is 6.27. The molecule has 0 amide bonds. The van der Waals surface area contributed by atoms with E-state index in [1.54, 1.807) is 4.68 Å². The summed E-state index contributed by atoms with van der Waals surface area (Å²) in [4.78, 5) is 0. The summed E-state index contributed by atoms with van der Waals surface area (Å²) in [5.74, 6) is 0. The minimum Gasteiger partial charge on any atom is -0.316 e. The van der Waals surface area contributed by atoms with Crippen LogP contribution in [0.3, 0.4) is 0 Å². The zero-order chi connectivity index (χ0) is 13.2. The molecular weight excluding hydrogens is 260 g/mol. The Balaban J connectivity index is 2.09. The molecule has 1 heterocycles. The molecule has 0 aliphatic heterocycles. The highest BCUT2D eigenvalue weighted by Crippen LogP contribution is 2.22. The van der Waals surface area contributed by atoms with Crippen molar-refractivity contribution in [3.8, 4) is 5.69 Å². The van der Waals surface area contributed by atoms with Crippen molar-refractivity contribution in [3.05, 3.63) is 53.1 Å². The van der Waals surface area contributed by atoms with Crippen molar-refractivity contribution in [1.29, 1.82) is 0 Å². The molecule has 1 aromatic heterocycles. The van der Waals surface area contributed by atoms with Crippen LogP contribution < -0.4 is 5.32 Å². The topological polar surface area (TPSA) is 42.7 Å². The number of hydrogen-bond acceptors (Lipinski definition) is 3. The largest absolute Gasteiger partial charge is 0.316 e. The van der Waals surface area contributed by atoms with Crippen LogP contribution in [0.1, 0.15) is 5.56 Å². The third-order valence-electron chi connectivity index (χ3n) is 3.00. The first kappa shape index (κ1) is 12.1. The van der Waals surface area contributed by atoms with Crippen LogP contribution in [-0.2, 0) is 6.54 Å². The molecule has 0 saturated carbocycles. The first-order valence-corrected chi connectivity index (χ1v) is 6.41. The summed E-state index contributed by atoms with van der Waals surface area (Å²) >= 11 is 6.27. The van der Waals surface area contributed by atoms with Gasteiger partial charge in [-0.2, -0.15) is 0 Å².